The normalized spacial score (nSPS) is 16.9. The Balaban J connectivity index is 2.02. The van der Waals surface area contributed by atoms with Gasteiger partial charge in [-0.25, -0.2) is 4.79 Å². The molecule has 1 unspecified atom stereocenters. The lowest BCUT2D eigenvalue weighted by molar-refractivity contribution is -0.157. The molecule has 1 aromatic carbocycles. The van der Waals surface area contributed by atoms with Crippen molar-refractivity contribution in [3.05, 3.63) is 29.3 Å². The van der Waals surface area contributed by atoms with E-state index in [4.69, 9.17) is 9.47 Å². The Morgan fingerprint density at radius 2 is 1.96 bits per heavy atom. The SMILES string of the molecule is CCc1cc(OCC(=O)OC(C)(C)C)ccc1C(=O)NC1CCC(=O)NC1=O. The number of imide groups is 1. The number of piperidine rings is 1. The molecule has 1 aromatic rings. The number of hydrogen-bond donors (Lipinski definition) is 2. The van der Waals surface area contributed by atoms with E-state index in [2.05, 4.69) is 10.6 Å². The number of esters is 1. The minimum atomic E-state index is -0.738. The lowest BCUT2D eigenvalue weighted by Gasteiger charge is -2.22. The van der Waals surface area contributed by atoms with Crippen LogP contribution >= 0.6 is 0 Å². The van der Waals surface area contributed by atoms with Gasteiger partial charge >= 0.3 is 5.97 Å². The predicted octanol–water partition coefficient (Wildman–Crippen LogP) is 1.50. The van der Waals surface area contributed by atoms with E-state index < -0.39 is 29.4 Å². The number of carbonyl (C=O) groups excluding carboxylic acids is 4. The third-order valence-electron chi connectivity index (χ3n) is 4.02. The van der Waals surface area contributed by atoms with Gasteiger partial charge in [0.1, 0.15) is 17.4 Å². The van der Waals surface area contributed by atoms with Gasteiger partial charge in [-0.2, -0.15) is 0 Å². The quantitative estimate of drug-likeness (QED) is 0.563. The number of amides is 3. The molecule has 28 heavy (non-hydrogen) atoms. The zero-order valence-electron chi connectivity index (χ0n) is 16.6. The standard InChI is InChI=1S/C20H26N2O6/c1-5-12-10-13(27-11-17(24)28-20(2,3)4)6-7-14(12)18(25)21-15-8-9-16(23)22-19(15)26/h6-7,10,15H,5,8-9,11H2,1-4H3,(H,21,25)(H,22,23,26). The summed E-state index contributed by atoms with van der Waals surface area (Å²) in [6, 6.07) is 4.12. The first kappa shape index (κ1) is 21.4. The molecule has 0 radical (unpaired) electrons. The molecule has 0 aliphatic carbocycles. The lowest BCUT2D eigenvalue weighted by atomic mass is 10.0. The van der Waals surface area contributed by atoms with Crippen LogP contribution < -0.4 is 15.4 Å². The van der Waals surface area contributed by atoms with E-state index in [-0.39, 0.29) is 25.4 Å². The number of aryl methyl sites for hydroxylation is 1. The molecule has 0 spiro atoms. The van der Waals surface area contributed by atoms with Gasteiger partial charge < -0.3 is 14.8 Å². The van der Waals surface area contributed by atoms with Crippen LogP contribution in [0.5, 0.6) is 5.75 Å². The fourth-order valence-corrected chi connectivity index (χ4v) is 2.75. The Labute approximate surface area is 164 Å². The highest BCUT2D eigenvalue weighted by molar-refractivity contribution is 6.04. The van der Waals surface area contributed by atoms with Crippen molar-refractivity contribution in [1.82, 2.24) is 10.6 Å². The number of hydrogen-bond acceptors (Lipinski definition) is 6. The Bertz CT molecular complexity index is 781. The summed E-state index contributed by atoms with van der Waals surface area (Å²) in [5, 5.41) is 4.87. The van der Waals surface area contributed by atoms with Gasteiger partial charge in [-0.1, -0.05) is 6.92 Å². The molecule has 1 aliphatic rings. The van der Waals surface area contributed by atoms with Crippen LogP contribution in [0.1, 0.15) is 56.5 Å². The van der Waals surface area contributed by atoms with Gasteiger partial charge in [-0.3, -0.25) is 19.7 Å². The molecule has 3 amide bonds. The van der Waals surface area contributed by atoms with E-state index in [1.807, 2.05) is 6.92 Å². The first-order valence-corrected chi connectivity index (χ1v) is 9.21. The molecular weight excluding hydrogens is 364 g/mol. The molecule has 1 heterocycles. The first-order valence-electron chi connectivity index (χ1n) is 9.21. The van der Waals surface area contributed by atoms with Gasteiger partial charge in [-0.05, 0) is 57.4 Å². The monoisotopic (exact) mass is 390 g/mol. The minimum absolute atomic E-state index is 0.189. The van der Waals surface area contributed by atoms with Crippen LogP contribution in [0.4, 0.5) is 0 Å². The minimum Gasteiger partial charge on any atom is -0.482 e. The van der Waals surface area contributed by atoms with Crippen LogP contribution in [-0.4, -0.2) is 41.9 Å². The van der Waals surface area contributed by atoms with Crippen molar-refractivity contribution in [3.63, 3.8) is 0 Å². The third kappa shape index (κ3) is 6.07. The molecule has 0 aromatic heterocycles. The Kier molecular flexibility index (Phi) is 6.77. The van der Waals surface area contributed by atoms with E-state index in [1.165, 1.54) is 0 Å². The topological polar surface area (TPSA) is 111 Å². The third-order valence-corrected chi connectivity index (χ3v) is 4.02. The Morgan fingerprint density at radius 3 is 2.57 bits per heavy atom. The molecule has 1 saturated heterocycles. The lowest BCUT2D eigenvalue weighted by Crippen LogP contribution is -2.52. The summed E-state index contributed by atoms with van der Waals surface area (Å²) in [5.41, 5.74) is 0.538. The summed E-state index contributed by atoms with van der Waals surface area (Å²) in [6.45, 7) is 6.97. The van der Waals surface area contributed by atoms with Crippen LogP contribution in [0.2, 0.25) is 0 Å². The summed E-state index contributed by atoms with van der Waals surface area (Å²) >= 11 is 0. The number of carbonyl (C=O) groups is 4. The summed E-state index contributed by atoms with van der Waals surface area (Å²) in [4.78, 5) is 47.4. The molecule has 1 atom stereocenters. The van der Waals surface area contributed by atoms with Crippen molar-refractivity contribution in [2.45, 2.75) is 58.6 Å². The van der Waals surface area contributed by atoms with Gasteiger partial charge in [0, 0.05) is 12.0 Å². The highest BCUT2D eigenvalue weighted by Crippen LogP contribution is 2.20. The Morgan fingerprint density at radius 1 is 1.25 bits per heavy atom. The largest absolute Gasteiger partial charge is 0.482 e. The number of ether oxygens (including phenoxy) is 2. The van der Waals surface area contributed by atoms with Crippen LogP contribution in [-0.2, 0) is 25.5 Å². The van der Waals surface area contributed by atoms with Gasteiger partial charge in [0.15, 0.2) is 6.61 Å². The average molecular weight is 390 g/mol. The molecule has 2 N–H and O–H groups in total. The van der Waals surface area contributed by atoms with Gasteiger partial charge in [0.05, 0.1) is 0 Å². The van der Waals surface area contributed by atoms with Gasteiger partial charge in [0.25, 0.3) is 5.91 Å². The fraction of sp³-hybridized carbons (Fsp3) is 0.500. The van der Waals surface area contributed by atoms with Gasteiger partial charge in [0.2, 0.25) is 11.8 Å². The van der Waals surface area contributed by atoms with Crippen molar-refractivity contribution in [2.75, 3.05) is 6.61 Å². The molecule has 0 bridgehead atoms. The van der Waals surface area contributed by atoms with Crippen molar-refractivity contribution < 1.29 is 28.7 Å². The molecule has 8 heteroatoms. The van der Waals surface area contributed by atoms with E-state index in [0.29, 0.717) is 23.3 Å². The van der Waals surface area contributed by atoms with E-state index in [9.17, 15) is 19.2 Å². The number of rotatable bonds is 6. The van der Waals surface area contributed by atoms with E-state index in [0.717, 1.165) is 0 Å². The first-order chi connectivity index (χ1) is 13.1. The highest BCUT2D eigenvalue weighted by atomic mass is 16.6. The molecule has 152 valence electrons. The smallest absolute Gasteiger partial charge is 0.344 e. The maximum atomic E-state index is 12.6. The Hall–Kier alpha value is -2.90. The fourth-order valence-electron chi connectivity index (χ4n) is 2.75. The second-order valence-electron chi connectivity index (χ2n) is 7.52. The van der Waals surface area contributed by atoms with E-state index >= 15 is 0 Å². The molecule has 2 rings (SSSR count). The maximum Gasteiger partial charge on any atom is 0.344 e. The molecule has 8 nitrogen and oxygen atoms in total. The predicted molar refractivity (Wildman–Crippen MR) is 101 cm³/mol. The molecule has 1 aliphatic heterocycles. The van der Waals surface area contributed by atoms with E-state index in [1.54, 1.807) is 39.0 Å². The average Bonchev–Trinajstić information content (AvgIpc) is 2.60. The summed E-state index contributed by atoms with van der Waals surface area (Å²) in [6.07, 6.45) is 1.02. The second-order valence-corrected chi connectivity index (χ2v) is 7.52. The van der Waals surface area contributed by atoms with Crippen LogP contribution in [0, 0.1) is 0 Å². The summed E-state index contributed by atoms with van der Waals surface area (Å²) in [7, 11) is 0. The highest BCUT2D eigenvalue weighted by Gasteiger charge is 2.28. The maximum absolute atomic E-state index is 12.6. The van der Waals surface area contributed by atoms with Crippen molar-refractivity contribution in [3.8, 4) is 5.75 Å². The summed E-state index contributed by atoms with van der Waals surface area (Å²) in [5.74, 6) is -1.27. The summed E-state index contributed by atoms with van der Waals surface area (Å²) < 4.78 is 10.7. The number of benzene rings is 1. The zero-order valence-corrected chi connectivity index (χ0v) is 16.6. The molecular formula is C20H26N2O6. The van der Waals surface area contributed by atoms with Crippen molar-refractivity contribution in [1.29, 1.82) is 0 Å². The van der Waals surface area contributed by atoms with Crippen LogP contribution in [0.25, 0.3) is 0 Å². The van der Waals surface area contributed by atoms with Crippen molar-refractivity contribution in [2.24, 2.45) is 0 Å². The van der Waals surface area contributed by atoms with Crippen LogP contribution in [0.3, 0.4) is 0 Å². The van der Waals surface area contributed by atoms with Gasteiger partial charge in [-0.15, -0.1) is 0 Å². The van der Waals surface area contributed by atoms with Crippen LogP contribution in [0.15, 0.2) is 18.2 Å². The zero-order chi connectivity index (χ0) is 20.9. The number of nitrogens with one attached hydrogen (secondary N) is 2. The molecule has 0 saturated carbocycles. The second kappa shape index (κ2) is 8.86. The molecule has 1 fully saturated rings. The van der Waals surface area contributed by atoms with Crippen molar-refractivity contribution >= 4 is 23.7 Å².